The monoisotopic (exact) mass is 267 g/mol. The Balaban J connectivity index is 2.86. The molecule has 1 aromatic carbocycles. The average Bonchev–Trinajstić information content (AvgIpc) is 2.51. The van der Waals surface area contributed by atoms with Gasteiger partial charge in [0.15, 0.2) is 0 Å². The fourth-order valence-corrected chi connectivity index (χ4v) is 2.84. The highest BCUT2D eigenvalue weighted by Gasteiger charge is 2.42. The summed E-state index contributed by atoms with van der Waals surface area (Å²) in [5.74, 6) is 1.44. The number of benzene rings is 1. The number of ether oxygens (including phenoxy) is 2. The third-order valence-corrected chi connectivity index (χ3v) is 3.96. The van der Waals surface area contributed by atoms with E-state index >= 15 is 0 Å². The molecule has 0 atom stereocenters. The summed E-state index contributed by atoms with van der Waals surface area (Å²) in [5.41, 5.74) is 2.78. The zero-order valence-corrected chi connectivity index (χ0v) is 12.2. The predicted octanol–water partition coefficient (Wildman–Crippen LogP) is 3.60. The number of hydrogen-bond acceptors (Lipinski definition) is 3. The number of methoxy groups -OCH3 is 2. The second-order valence-corrected chi connectivity index (χ2v) is 5.36. The van der Waals surface area contributed by atoms with Gasteiger partial charge in [0, 0.05) is 29.8 Å². The first-order chi connectivity index (χ1) is 8.36. The lowest BCUT2D eigenvalue weighted by Crippen LogP contribution is -2.21. The van der Waals surface area contributed by atoms with Crippen molar-refractivity contribution in [1.29, 1.82) is 0 Å². The van der Waals surface area contributed by atoms with E-state index in [1.165, 1.54) is 0 Å². The van der Waals surface area contributed by atoms with E-state index in [1.807, 2.05) is 11.9 Å². The van der Waals surface area contributed by atoms with Crippen molar-refractivity contribution in [1.82, 2.24) is 0 Å². The van der Waals surface area contributed by atoms with Crippen molar-refractivity contribution in [2.24, 2.45) is 0 Å². The molecule has 0 fully saturated rings. The van der Waals surface area contributed by atoms with Crippen LogP contribution in [0.5, 0.6) is 11.5 Å². The van der Waals surface area contributed by atoms with Gasteiger partial charge in [-0.2, -0.15) is 0 Å². The maximum Gasteiger partial charge on any atom is 0.144 e. The molecule has 0 radical (unpaired) electrons. The normalized spacial score (nSPS) is 16.8. The fraction of sp³-hybridized carbons (Fsp3) is 0.429. The van der Waals surface area contributed by atoms with Crippen LogP contribution in [0.2, 0.25) is 5.02 Å². The van der Waals surface area contributed by atoms with E-state index in [0.29, 0.717) is 10.8 Å². The highest BCUT2D eigenvalue weighted by Crippen LogP contribution is 2.56. The molecule has 0 spiro atoms. The Morgan fingerprint density at radius 3 is 2.39 bits per heavy atom. The topological polar surface area (TPSA) is 21.7 Å². The van der Waals surface area contributed by atoms with E-state index in [0.717, 1.165) is 22.7 Å². The van der Waals surface area contributed by atoms with E-state index in [1.54, 1.807) is 20.3 Å². The van der Waals surface area contributed by atoms with Crippen LogP contribution in [-0.4, -0.2) is 21.3 Å². The Morgan fingerprint density at radius 2 is 1.89 bits per heavy atom. The second-order valence-electron chi connectivity index (χ2n) is 4.95. The molecule has 1 heterocycles. The lowest BCUT2D eigenvalue weighted by molar-refractivity contribution is 0.396. The molecular weight excluding hydrogens is 250 g/mol. The average molecular weight is 268 g/mol. The molecule has 0 aromatic heterocycles. The first kappa shape index (κ1) is 13.1. The first-order valence-electron chi connectivity index (χ1n) is 5.74. The van der Waals surface area contributed by atoms with Crippen molar-refractivity contribution in [3.8, 4) is 11.5 Å². The summed E-state index contributed by atoms with van der Waals surface area (Å²) in [4.78, 5) is 2.03. The van der Waals surface area contributed by atoms with Gasteiger partial charge in [-0.1, -0.05) is 32.0 Å². The largest absolute Gasteiger partial charge is 0.495 e. The Bertz CT molecular complexity index is 523. The zero-order chi connectivity index (χ0) is 13.7. The fourth-order valence-electron chi connectivity index (χ4n) is 2.57. The van der Waals surface area contributed by atoms with Crippen LogP contribution in [0.1, 0.15) is 19.4 Å². The molecule has 2 rings (SSSR count). The maximum atomic E-state index is 6.26. The quantitative estimate of drug-likeness (QED) is 0.817. The van der Waals surface area contributed by atoms with Gasteiger partial charge in [0.05, 0.1) is 24.9 Å². The van der Waals surface area contributed by atoms with E-state index in [-0.39, 0.29) is 5.41 Å². The number of anilines is 1. The summed E-state index contributed by atoms with van der Waals surface area (Å²) in [6.07, 6.45) is 0. The third kappa shape index (κ3) is 1.50. The minimum Gasteiger partial charge on any atom is -0.495 e. The number of halogens is 1. The molecule has 0 saturated heterocycles. The predicted molar refractivity (Wildman–Crippen MR) is 75.1 cm³/mol. The molecular formula is C14H18ClNO2. The molecule has 98 valence electrons. The van der Waals surface area contributed by atoms with Crippen molar-refractivity contribution < 1.29 is 9.47 Å². The lowest BCUT2D eigenvalue weighted by atomic mass is 9.83. The van der Waals surface area contributed by atoms with E-state index in [4.69, 9.17) is 21.1 Å². The van der Waals surface area contributed by atoms with Gasteiger partial charge in [0.2, 0.25) is 0 Å². The van der Waals surface area contributed by atoms with Crippen LogP contribution >= 0.6 is 11.6 Å². The third-order valence-electron chi connectivity index (χ3n) is 3.68. The summed E-state index contributed by atoms with van der Waals surface area (Å²) >= 11 is 6.26. The van der Waals surface area contributed by atoms with Gasteiger partial charge in [-0.15, -0.1) is 0 Å². The molecule has 0 aliphatic carbocycles. The van der Waals surface area contributed by atoms with Crippen LogP contribution in [0.25, 0.3) is 0 Å². The van der Waals surface area contributed by atoms with Gasteiger partial charge in [0.1, 0.15) is 11.5 Å². The Morgan fingerprint density at radius 1 is 1.28 bits per heavy atom. The molecule has 0 bridgehead atoms. The Hall–Kier alpha value is -1.35. The molecule has 18 heavy (non-hydrogen) atoms. The molecule has 0 saturated carbocycles. The standard InChI is InChI=1S/C14H18ClNO2/c1-8-14(2,3)11-12(16(8)4)10(17-5)7-9(15)13(11)18-6/h7H,1H2,2-6H3. The number of rotatable bonds is 2. The second kappa shape index (κ2) is 4.09. The van der Waals surface area contributed by atoms with Crippen LogP contribution in [0.4, 0.5) is 5.69 Å². The van der Waals surface area contributed by atoms with Crippen molar-refractivity contribution >= 4 is 17.3 Å². The first-order valence-corrected chi connectivity index (χ1v) is 6.12. The zero-order valence-electron chi connectivity index (χ0n) is 11.4. The number of likely N-dealkylation sites (N-methyl/N-ethyl adjacent to an activating group) is 1. The minimum atomic E-state index is -0.229. The van der Waals surface area contributed by atoms with Gasteiger partial charge in [-0.3, -0.25) is 0 Å². The van der Waals surface area contributed by atoms with Crippen LogP contribution in [0.3, 0.4) is 0 Å². The summed E-state index contributed by atoms with van der Waals surface area (Å²) in [6.45, 7) is 8.37. The van der Waals surface area contributed by atoms with E-state index < -0.39 is 0 Å². The van der Waals surface area contributed by atoms with Gasteiger partial charge < -0.3 is 14.4 Å². The molecule has 4 heteroatoms. The highest BCUT2D eigenvalue weighted by molar-refractivity contribution is 6.32. The van der Waals surface area contributed by atoms with Gasteiger partial charge in [-0.25, -0.2) is 0 Å². The molecule has 0 unspecified atom stereocenters. The maximum absolute atomic E-state index is 6.26. The van der Waals surface area contributed by atoms with Gasteiger partial charge in [-0.05, 0) is 0 Å². The van der Waals surface area contributed by atoms with Crippen LogP contribution in [0, 0.1) is 0 Å². The SMILES string of the molecule is C=C1N(C)c2c(OC)cc(Cl)c(OC)c2C1(C)C. The molecule has 1 aliphatic rings. The van der Waals surface area contributed by atoms with Crippen molar-refractivity contribution in [3.05, 3.63) is 28.9 Å². The van der Waals surface area contributed by atoms with Gasteiger partial charge >= 0.3 is 0 Å². The molecule has 1 aliphatic heterocycles. The molecule has 0 amide bonds. The van der Waals surface area contributed by atoms with Crippen LogP contribution < -0.4 is 14.4 Å². The molecule has 0 N–H and O–H groups in total. The van der Waals surface area contributed by atoms with Crippen molar-refractivity contribution in [2.75, 3.05) is 26.2 Å². The Kier molecular flexibility index (Phi) is 2.98. The smallest absolute Gasteiger partial charge is 0.144 e. The highest BCUT2D eigenvalue weighted by atomic mass is 35.5. The number of allylic oxidation sites excluding steroid dienone is 1. The summed E-state index contributed by atoms with van der Waals surface area (Å²) in [6, 6.07) is 1.78. The van der Waals surface area contributed by atoms with Crippen LogP contribution in [-0.2, 0) is 5.41 Å². The number of nitrogens with zero attached hydrogens (tertiary/aromatic N) is 1. The van der Waals surface area contributed by atoms with Crippen molar-refractivity contribution in [3.63, 3.8) is 0 Å². The molecule has 3 nitrogen and oxygen atoms in total. The summed E-state index contributed by atoms with van der Waals surface area (Å²) in [5, 5.41) is 0.560. The minimum absolute atomic E-state index is 0.229. The van der Waals surface area contributed by atoms with Crippen LogP contribution in [0.15, 0.2) is 18.3 Å². The molecule has 1 aromatic rings. The van der Waals surface area contributed by atoms with Gasteiger partial charge in [0.25, 0.3) is 0 Å². The van der Waals surface area contributed by atoms with Crippen molar-refractivity contribution in [2.45, 2.75) is 19.3 Å². The Labute approximate surface area is 113 Å². The van der Waals surface area contributed by atoms with E-state index in [2.05, 4.69) is 20.4 Å². The lowest BCUT2D eigenvalue weighted by Gasteiger charge is -2.23. The summed E-state index contributed by atoms with van der Waals surface area (Å²) < 4.78 is 10.9. The number of hydrogen-bond donors (Lipinski definition) is 0. The number of fused-ring (bicyclic) bond motifs is 1. The summed E-state index contributed by atoms with van der Waals surface area (Å²) in [7, 11) is 5.25. The van der Waals surface area contributed by atoms with E-state index in [9.17, 15) is 0 Å².